The molecule has 1 unspecified atom stereocenters. The molecule has 10 heteroatoms. The topological polar surface area (TPSA) is 70.1 Å². The molecule has 2 aromatic rings. The lowest BCUT2D eigenvalue weighted by Crippen LogP contribution is -2.55. The molecule has 0 saturated carbocycles. The fourth-order valence-corrected chi connectivity index (χ4v) is 6.39. The van der Waals surface area contributed by atoms with Gasteiger partial charge in [-0.25, -0.2) is 21.6 Å². The van der Waals surface area contributed by atoms with Gasteiger partial charge in [-0.05, 0) is 55.0 Å². The van der Waals surface area contributed by atoms with Gasteiger partial charge in [-0.3, -0.25) is 0 Å². The van der Waals surface area contributed by atoms with Crippen LogP contribution >= 0.6 is 0 Å². The second-order valence-corrected chi connectivity index (χ2v) is 11.2. The third kappa shape index (κ3) is 5.50. The SMILES string of the molecule is O=S(=O)(c1ccccc1)N1CCN(c2ccc(C(O)(CF)C(F)F)cc2)[C@H](CC2CCOCC2)C1. The number of alkyl halides is 3. The second kappa shape index (κ2) is 10.9. The monoisotopic (exact) mass is 512 g/mol. The van der Waals surface area contributed by atoms with Crippen LogP contribution < -0.4 is 4.90 Å². The Balaban J connectivity index is 1.58. The Labute approximate surface area is 204 Å². The largest absolute Gasteiger partial charge is 0.381 e. The molecule has 0 aliphatic carbocycles. The van der Waals surface area contributed by atoms with Gasteiger partial charge in [-0.15, -0.1) is 0 Å². The smallest absolute Gasteiger partial charge is 0.273 e. The lowest BCUT2D eigenvalue weighted by atomic mass is 9.90. The van der Waals surface area contributed by atoms with Gasteiger partial charge in [0.05, 0.1) is 4.90 Å². The molecule has 192 valence electrons. The molecule has 0 spiro atoms. The van der Waals surface area contributed by atoms with E-state index < -0.39 is 28.7 Å². The Bertz CT molecular complexity index is 1070. The highest BCUT2D eigenvalue weighted by molar-refractivity contribution is 7.89. The fraction of sp³-hybridized carbons (Fsp3) is 0.520. The van der Waals surface area contributed by atoms with Crippen molar-refractivity contribution in [2.24, 2.45) is 5.92 Å². The van der Waals surface area contributed by atoms with Crippen molar-refractivity contribution in [1.82, 2.24) is 4.31 Å². The number of anilines is 1. The summed E-state index contributed by atoms with van der Waals surface area (Å²) in [6, 6.07) is 14.0. The third-order valence-corrected chi connectivity index (χ3v) is 8.92. The van der Waals surface area contributed by atoms with Crippen LogP contribution in [0.25, 0.3) is 0 Å². The number of aliphatic hydroxyl groups is 1. The van der Waals surface area contributed by atoms with E-state index in [1.165, 1.54) is 16.4 Å². The van der Waals surface area contributed by atoms with Crippen LogP contribution in [0.2, 0.25) is 0 Å². The summed E-state index contributed by atoms with van der Waals surface area (Å²) in [4.78, 5) is 2.34. The van der Waals surface area contributed by atoms with E-state index in [9.17, 15) is 26.7 Å². The number of sulfonamides is 1. The molecule has 2 aliphatic rings. The summed E-state index contributed by atoms with van der Waals surface area (Å²) >= 11 is 0. The Morgan fingerprint density at radius 2 is 1.69 bits per heavy atom. The first-order chi connectivity index (χ1) is 16.8. The predicted octanol–water partition coefficient (Wildman–Crippen LogP) is 3.81. The normalized spacial score (nSPS) is 22.3. The Morgan fingerprint density at radius 1 is 1.03 bits per heavy atom. The average molecular weight is 513 g/mol. The van der Waals surface area contributed by atoms with Crippen molar-refractivity contribution in [2.45, 2.75) is 42.2 Å². The van der Waals surface area contributed by atoms with Crippen LogP contribution in [0, 0.1) is 5.92 Å². The van der Waals surface area contributed by atoms with Gasteiger partial charge in [0.2, 0.25) is 10.0 Å². The van der Waals surface area contributed by atoms with Crippen molar-refractivity contribution in [3.63, 3.8) is 0 Å². The average Bonchev–Trinajstić information content (AvgIpc) is 2.89. The maximum absolute atomic E-state index is 13.3. The summed E-state index contributed by atoms with van der Waals surface area (Å²) in [6.07, 6.45) is -0.706. The lowest BCUT2D eigenvalue weighted by Gasteiger charge is -2.44. The maximum atomic E-state index is 13.3. The van der Waals surface area contributed by atoms with E-state index in [-0.39, 0.29) is 23.0 Å². The first-order valence-corrected chi connectivity index (χ1v) is 13.3. The summed E-state index contributed by atoms with van der Waals surface area (Å²) in [5.41, 5.74) is -2.31. The summed E-state index contributed by atoms with van der Waals surface area (Å²) in [7, 11) is -3.66. The lowest BCUT2D eigenvalue weighted by molar-refractivity contribution is -0.114. The Hall–Kier alpha value is -2.14. The number of hydrogen-bond acceptors (Lipinski definition) is 5. The van der Waals surface area contributed by atoms with Crippen LogP contribution in [0.3, 0.4) is 0 Å². The number of nitrogens with zero attached hydrogens (tertiary/aromatic N) is 2. The van der Waals surface area contributed by atoms with E-state index in [1.807, 2.05) is 0 Å². The van der Waals surface area contributed by atoms with Crippen molar-refractivity contribution in [3.8, 4) is 0 Å². The molecule has 1 N–H and O–H groups in total. The van der Waals surface area contributed by atoms with Gasteiger partial charge in [0.25, 0.3) is 6.43 Å². The van der Waals surface area contributed by atoms with Crippen molar-refractivity contribution in [2.75, 3.05) is 44.4 Å². The minimum absolute atomic E-state index is 0.133. The van der Waals surface area contributed by atoms with E-state index in [4.69, 9.17) is 4.74 Å². The van der Waals surface area contributed by atoms with E-state index in [0.717, 1.165) is 24.9 Å². The molecular weight excluding hydrogens is 481 g/mol. The molecule has 0 amide bonds. The van der Waals surface area contributed by atoms with Crippen LogP contribution in [0.1, 0.15) is 24.8 Å². The highest BCUT2D eigenvalue weighted by atomic mass is 32.2. The van der Waals surface area contributed by atoms with Crippen molar-refractivity contribution in [3.05, 3.63) is 60.2 Å². The Morgan fingerprint density at radius 3 is 2.29 bits per heavy atom. The van der Waals surface area contributed by atoms with Gasteiger partial charge in [0.15, 0.2) is 5.60 Å². The van der Waals surface area contributed by atoms with Crippen LogP contribution in [-0.4, -0.2) is 69.8 Å². The van der Waals surface area contributed by atoms with Crippen molar-refractivity contribution in [1.29, 1.82) is 0 Å². The number of rotatable bonds is 8. The molecule has 2 saturated heterocycles. The number of ether oxygens (including phenoxy) is 1. The minimum atomic E-state index is -3.66. The highest BCUT2D eigenvalue weighted by Crippen LogP contribution is 2.33. The quantitative estimate of drug-likeness (QED) is 0.583. The van der Waals surface area contributed by atoms with E-state index in [0.29, 0.717) is 32.2 Å². The molecule has 2 aromatic carbocycles. The van der Waals surface area contributed by atoms with Gasteiger partial charge >= 0.3 is 0 Å². The fourth-order valence-electron chi connectivity index (χ4n) is 4.90. The first-order valence-electron chi connectivity index (χ1n) is 11.8. The molecule has 4 rings (SSSR count). The van der Waals surface area contributed by atoms with Crippen LogP contribution in [-0.2, 0) is 20.4 Å². The van der Waals surface area contributed by atoms with Crippen molar-refractivity contribution >= 4 is 15.7 Å². The second-order valence-electron chi connectivity index (χ2n) is 9.22. The van der Waals surface area contributed by atoms with Gasteiger partial charge in [0, 0.05) is 44.6 Å². The Kier molecular flexibility index (Phi) is 8.05. The zero-order chi connectivity index (χ0) is 25.1. The maximum Gasteiger partial charge on any atom is 0.273 e. The number of benzene rings is 2. The van der Waals surface area contributed by atoms with Crippen LogP contribution in [0.5, 0.6) is 0 Å². The molecule has 2 aliphatic heterocycles. The molecular formula is C25H31F3N2O4S. The van der Waals surface area contributed by atoms with Crippen LogP contribution in [0.4, 0.5) is 18.9 Å². The summed E-state index contributed by atoms with van der Waals surface area (Å²) in [5, 5.41) is 10.0. The van der Waals surface area contributed by atoms with E-state index in [1.54, 1.807) is 42.5 Å². The molecule has 2 atom stereocenters. The minimum Gasteiger partial charge on any atom is -0.381 e. The molecule has 2 fully saturated rings. The summed E-state index contributed by atoms with van der Waals surface area (Å²) in [5.74, 6) is 0.380. The zero-order valence-corrected chi connectivity index (χ0v) is 20.2. The highest BCUT2D eigenvalue weighted by Gasteiger charge is 2.40. The molecule has 35 heavy (non-hydrogen) atoms. The van der Waals surface area contributed by atoms with Gasteiger partial charge in [-0.2, -0.15) is 4.31 Å². The van der Waals surface area contributed by atoms with Gasteiger partial charge in [0.1, 0.15) is 6.67 Å². The summed E-state index contributed by atoms with van der Waals surface area (Å²) < 4.78 is 73.3. The van der Waals surface area contributed by atoms with Crippen LogP contribution in [0.15, 0.2) is 59.5 Å². The molecule has 0 bridgehead atoms. The zero-order valence-electron chi connectivity index (χ0n) is 19.4. The standard InChI is InChI=1S/C25H31F3N2O4S/c26-18-25(31,24(27)28)20-6-8-21(9-7-20)30-13-12-29(35(32,33)23-4-2-1-3-5-23)17-22(30)16-19-10-14-34-15-11-19/h1-9,19,22,24,31H,10-18H2/t22-,25?/m1/s1. The number of hydrogen-bond donors (Lipinski definition) is 1. The molecule has 2 heterocycles. The third-order valence-electron chi connectivity index (χ3n) is 7.04. The van der Waals surface area contributed by atoms with E-state index >= 15 is 0 Å². The molecule has 6 nitrogen and oxygen atoms in total. The number of halogens is 3. The van der Waals surface area contributed by atoms with E-state index in [2.05, 4.69) is 4.90 Å². The first kappa shape index (κ1) is 25.9. The van der Waals surface area contributed by atoms with Gasteiger partial charge < -0.3 is 14.7 Å². The number of piperazine rings is 1. The predicted molar refractivity (Wildman–Crippen MR) is 127 cm³/mol. The molecule has 0 radical (unpaired) electrons. The van der Waals surface area contributed by atoms with Gasteiger partial charge in [-0.1, -0.05) is 30.3 Å². The van der Waals surface area contributed by atoms with Crippen molar-refractivity contribution < 1.29 is 31.4 Å². The summed E-state index contributed by atoms with van der Waals surface area (Å²) in [6.45, 7) is 0.742. The molecule has 0 aromatic heterocycles.